The van der Waals surface area contributed by atoms with Gasteiger partial charge in [0.05, 0.1) is 10.1 Å². The number of sulfone groups is 1. The Bertz CT molecular complexity index is 1110. The molecule has 0 aromatic heterocycles. The summed E-state index contributed by atoms with van der Waals surface area (Å²) in [4.78, 5) is 37.1. The summed E-state index contributed by atoms with van der Waals surface area (Å²) < 4.78 is 25.9. The molecule has 8 heteroatoms. The van der Waals surface area contributed by atoms with Gasteiger partial charge in [-0.1, -0.05) is 0 Å². The van der Waals surface area contributed by atoms with Gasteiger partial charge in [-0.15, -0.1) is 0 Å². The van der Waals surface area contributed by atoms with Gasteiger partial charge in [-0.2, -0.15) is 0 Å². The average Bonchev–Trinajstić information content (AvgIpc) is 3.11. The lowest BCUT2D eigenvalue weighted by atomic mass is 10.1. The molecule has 2 aromatic carbocycles. The third kappa shape index (κ3) is 4.43. The van der Waals surface area contributed by atoms with E-state index in [1.165, 1.54) is 26.8 Å². The molecule has 1 aliphatic rings. The number of amides is 2. The van der Waals surface area contributed by atoms with Crippen molar-refractivity contribution in [2.45, 2.75) is 43.8 Å². The Hall–Kier alpha value is -3.00. The lowest BCUT2D eigenvalue weighted by Crippen LogP contribution is -2.26. The Morgan fingerprint density at radius 3 is 2.33 bits per heavy atom. The second kappa shape index (κ2) is 8.39. The first-order valence-corrected chi connectivity index (χ1v) is 11.2. The van der Waals surface area contributed by atoms with E-state index in [1.54, 1.807) is 41.3 Å². The summed E-state index contributed by atoms with van der Waals surface area (Å²) in [6.45, 7) is 4.97. The summed E-state index contributed by atoms with van der Waals surface area (Å²) >= 11 is 0. The molecule has 0 aliphatic carbocycles. The zero-order chi connectivity index (χ0) is 22.1. The lowest BCUT2D eigenvalue weighted by molar-refractivity contribution is -0.117. The maximum Gasteiger partial charge on any atom is 0.225 e. The van der Waals surface area contributed by atoms with Crippen molar-refractivity contribution in [1.82, 2.24) is 0 Å². The first-order valence-electron chi connectivity index (χ1n) is 9.65. The van der Waals surface area contributed by atoms with Crippen LogP contribution in [0.2, 0.25) is 0 Å². The van der Waals surface area contributed by atoms with Crippen LogP contribution in [0.25, 0.3) is 0 Å². The fourth-order valence-electron chi connectivity index (χ4n) is 3.49. The van der Waals surface area contributed by atoms with Gasteiger partial charge in [0.15, 0.2) is 15.6 Å². The summed E-state index contributed by atoms with van der Waals surface area (Å²) in [5.74, 6) is -0.579. The quantitative estimate of drug-likeness (QED) is 0.713. The number of carbonyl (C=O) groups excluding carboxylic acids is 3. The van der Waals surface area contributed by atoms with Gasteiger partial charge in [0.25, 0.3) is 0 Å². The molecule has 0 unspecified atom stereocenters. The third-order valence-corrected chi connectivity index (χ3v) is 7.37. The molecule has 0 bridgehead atoms. The van der Waals surface area contributed by atoms with Crippen LogP contribution in [-0.2, 0) is 25.8 Å². The fraction of sp³-hybridized carbons (Fsp3) is 0.318. The minimum Gasteiger partial charge on any atom is -0.326 e. The minimum atomic E-state index is -3.71. The molecule has 2 amide bonds. The van der Waals surface area contributed by atoms with Crippen molar-refractivity contribution in [2.75, 3.05) is 16.8 Å². The molecule has 1 atom stereocenters. The zero-order valence-corrected chi connectivity index (χ0v) is 18.0. The van der Waals surface area contributed by atoms with Gasteiger partial charge in [0.2, 0.25) is 11.8 Å². The first-order chi connectivity index (χ1) is 14.1. The number of nitrogens with one attached hydrogen (secondary N) is 1. The molecule has 0 saturated carbocycles. The van der Waals surface area contributed by atoms with E-state index in [0.717, 1.165) is 11.3 Å². The number of carbonyl (C=O) groups is 3. The molecule has 1 heterocycles. The molecular formula is C22H24N2O5S. The minimum absolute atomic E-state index is 0.0756. The highest BCUT2D eigenvalue weighted by molar-refractivity contribution is 7.92. The van der Waals surface area contributed by atoms with Crippen molar-refractivity contribution in [1.29, 1.82) is 0 Å². The smallest absolute Gasteiger partial charge is 0.225 e. The molecule has 0 spiro atoms. The number of hydrogen-bond acceptors (Lipinski definition) is 5. The lowest BCUT2D eigenvalue weighted by Gasteiger charge is -2.16. The van der Waals surface area contributed by atoms with Crippen molar-refractivity contribution >= 4 is 38.8 Å². The fourth-order valence-corrected chi connectivity index (χ4v) is 4.89. The normalized spacial score (nSPS) is 14.2. The SMILES string of the molecule is CC(=O)c1ccc(NC(=O)C[C@@H](C)S(=O)(=O)c2ccc3c(c2)CCN3C(C)=O)cc1. The second-order valence-corrected chi connectivity index (χ2v) is 9.82. The van der Waals surface area contributed by atoms with Gasteiger partial charge >= 0.3 is 0 Å². The Kier molecular flexibility index (Phi) is 6.07. The Labute approximate surface area is 176 Å². The number of rotatable bonds is 6. The van der Waals surface area contributed by atoms with Crippen LogP contribution in [0.3, 0.4) is 0 Å². The zero-order valence-electron chi connectivity index (χ0n) is 17.1. The van der Waals surface area contributed by atoms with Crippen molar-refractivity contribution in [3.05, 3.63) is 53.6 Å². The molecule has 1 aliphatic heterocycles. The Morgan fingerprint density at radius 1 is 1.07 bits per heavy atom. The van der Waals surface area contributed by atoms with Crippen molar-refractivity contribution in [3.8, 4) is 0 Å². The van der Waals surface area contributed by atoms with E-state index in [9.17, 15) is 22.8 Å². The number of ketones is 1. The maximum atomic E-state index is 13.0. The standard InChI is InChI=1S/C22H24N2O5S/c1-14(12-22(27)23-19-6-4-17(5-7-19)15(2)25)30(28,29)20-8-9-21-18(13-20)10-11-24(21)16(3)26/h4-9,13-14H,10-12H2,1-3H3,(H,23,27)/t14-/m1/s1. The number of benzene rings is 2. The van der Waals surface area contributed by atoms with Crippen LogP contribution < -0.4 is 10.2 Å². The summed E-state index contributed by atoms with van der Waals surface area (Å²) in [6, 6.07) is 11.2. The molecule has 1 N–H and O–H groups in total. The van der Waals surface area contributed by atoms with Crippen LogP contribution in [-0.4, -0.2) is 37.8 Å². The van der Waals surface area contributed by atoms with Crippen LogP contribution in [0.1, 0.15) is 43.1 Å². The molecular weight excluding hydrogens is 404 g/mol. The molecule has 0 saturated heterocycles. The van der Waals surface area contributed by atoms with Gasteiger partial charge in [-0.25, -0.2) is 8.42 Å². The van der Waals surface area contributed by atoms with Crippen LogP contribution in [0.5, 0.6) is 0 Å². The molecule has 0 radical (unpaired) electrons. The molecule has 2 aromatic rings. The third-order valence-electron chi connectivity index (χ3n) is 5.23. The summed E-state index contributed by atoms with van der Waals surface area (Å²) in [7, 11) is -3.71. The van der Waals surface area contributed by atoms with Crippen molar-refractivity contribution in [3.63, 3.8) is 0 Å². The predicted octanol–water partition coefficient (Wildman–Crippen LogP) is 2.99. The van der Waals surface area contributed by atoms with E-state index in [-0.39, 0.29) is 23.0 Å². The van der Waals surface area contributed by atoms with Gasteiger partial charge in [0, 0.05) is 36.8 Å². The van der Waals surface area contributed by atoms with E-state index in [0.29, 0.717) is 24.2 Å². The molecule has 30 heavy (non-hydrogen) atoms. The topological polar surface area (TPSA) is 101 Å². The van der Waals surface area contributed by atoms with E-state index < -0.39 is 21.0 Å². The Morgan fingerprint density at radius 2 is 1.73 bits per heavy atom. The second-order valence-electron chi connectivity index (χ2n) is 7.45. The highest BCUT2D eigenvalue weighted by Crippen LogP contribution is 2.31. The highest BCUT2D eigenvalue weighted by Gasteiger charge is 2.29. The first kappa shape index (κ1) is 21.7. The number of fused-ring (bicyclic) bond motifs is 1. The van der Waals surface area contributed by atoms with Crippen LogP contribution in [0, 0.1) is 0 Å². The summed E-state index contributed by atoms with van der Waals surface area (Å²) in [5.41, 5.74) is 2.58. The van der Waals surface area contributed by atoms with Gasteiger partial charge in [-0.05, 0) is 68.3 Å². The molecule has 158 valence electrons. The largest absolute Gasteiger partial charge is 0.326 e. The van der Waals surface area contributed by atoms with Gasteiger partial charge in [0.1, 0.15) is 0 Å². The van der Waals surface area contributed by atoms with Crippen molar-refractivity contribution in [2.24, 2.45) is 0 Å². The van der Waals surface area contributed by atoms with Gasteiger partial charge < -0.3 is 10.2 Å². The average molecular weight is 429 g/mol. The van der Waals surface area contributed by atoms with E-state index in [1.807, 2.05) is 0 Å². The van der Waals surface area contributed by atoms with Crippen LogP contribution in [0.15, 0.2) is 47.4 Å². The number of anilines is 2. The molecule has 0 fully saturated rings. The van der Waals surface area contributed by atoms with Crippen LogP contribution >= 0.6 is 0 Å². The maximum absolute atomic E-state index is 13.0. The van der Waals surface area contributed by atoms with Crippen molar-refractivity contribution < 1.29 is 22.8 Å². The monoisotopic (exact) mass is 428 g/mol. The van der Waals surface area contributed by atoms with E-state index >= 15 is 0 Å². The molecule has 7 nitrogen and oxygen atoms in total. The summed E-state index contributed by atoms with van der Waals surface area (Å²) in [6.07, 6.45) is 0.400. The van der Waals surface area contributed by atoms with Gasteiger partial charge in [-0.3, -0.25) is 14.4 Å². The van der Waals surface area contributed by atoms with Crippen LogP contribution in [0.4, 0.5) is 11.4 Å². The van der Waals surface area contributed by atoms with E-state index in [4.69, 9.17) is 0 Å². The molecule has 3 rings (SSSR count). The summed E-state index contributed by atoms with van der Waals surface area (Å²) in [5, 5.41) is 1.74. The number of Topliss-reactive ketones (excluding diaryl/α,β-unsaturated/α-hetero) is 1. The Balaban J connectivity index is 1.70. The highest BCUT2D eigenvalue weighted by atomic mass is 32.2. The predicted molar refractivity (Wildman–Crippen MR) is 115 cm³/mol. The van der Waals surface area contributed by atoms with E-state index in [2.05, 4.69) is 5.32 Å². The number of nitrogens with zero attached hydrogens (tertiary/aromatic N) is 1. The number of hydrogen-bond donors (Lipinski definition) is 1.